The first-order valence-electron chi connectivity index (χ1n) is 8.24. The Morgan fingerprint density at radius 1 is 1.48 bits per heavy atom. The van der Waals surface area contributed by atoms with Gasteiger partial charge >= 0.3 is 0 Å². The summed E-state index contributed by atoms with van der Waals surface area (Å²) in [4.78, 5) is 33.5. The summed E-state index contributed by atoms with van der Waals surface area (Å²) in [6.07, 6.45) is 5.31. The van der Waals surface area contributed by atoms with E-state index in [0.29, 0.717) is 23.4 Å². The molecule has 1 atom stereocenters. The van der Waals surface area contributed by atoms with Gasteiger partial charge in [-0.25, -0.2) is 9.37 Å². The average Bonchev–Trinajstić information content (AvgIpc) is 3.25. The number of hydrogen-bond acceptors (Lipinski definition) is 5. The number of thiocarbonyl (C=S) groups is 1. The summed E-state index contributed by atoms with van der Waals surface area (Å²) in [5.74, 6) is -1.13. The molecule has 0 aliphatic carbocycles. The molecule has 0 bridgehead atoms. The van der Waals surface area contributed by atoms with Crippen LogP contribution >= 0.6 is 24.0 Å². The van der Waals surface area contributed by atoms with Gasteiger partial charge in [-0.3, -0.25) is 14.5 Å². The van der Waals surface area contributed by atoms with E-state index < -0.39 is 17.8 Å². The minimum absolute atomic E-state index is 0.277. The van der Waals surface area contributed by atoms with Crippen LogP contribution in [0.5, 0.6) is 0 Å². The molecule has 1 aromatic heterocycles. The molecular formula is C18H17FN4O2S2. The van der Waals surface area contributed by atoms with Gasteiger partial charge in [0.05, 0.1) is 11.2 Å². The largest absolute Gasteiger partial charge is 0.354 e. The second-order valence-electron chi connectivity index (χ2n) is 5.87. The molecule has 27 heavy (non-hydrogen) atoms. The molecule has 2 heterocycles. The normalized spacial score (nSPS) is 16.8. The van der Waals surface area contributed by atoms with Crippen molar-refractivity contribution in [2.75, 3.05) is 6.54 Å². The van der Waals surface area contributed by atoms with Gasteiger partial charge < -0.3 is 10.3 Å². The predicted octanol–water partition coefficient (Wildman–Crippen LogP) is 2.50. The van der Waals surface area contributed by atoms with Crippen molar-refractivity contribution in [3.63, 3.8) is 0 Å². The Kier molecular flexibility index (Phi) is 6.02. The lowest BCUT2D eigenvalue weighted by molar-refractivity contribution is -0.132. The van der Waals surface area contributed by atoms with Crippen LogP contribution in [0.3, 0.4) is 0 Å². The molecule has 0 saturated carbocycles. The maximum Gasteiger partial charge on any atom is 0.266 e. The van der Waals surface area contributed by atoms with Crippen molar-refractivity contribution in [3.05, 3.63) is 58.8 Å². The van der Waals surface area contributed by atoms with E-state index in [9.17, 15) is 14.0 Å². The van der Waals surface area contributed by atoms with Crippen LogP contribution in [-0.4, -0.2) is 43.6 Å². The van der Waals surface area contributed by atoms with Gasteiger partial charge in [-0.1, -0.05) is 42.2 Å². The number of benzene rings is 1. The number of carbonyl (C=O) groups excluding carboxylic acids is 2. The number of carbonyl (C=O) groups is 2. The molecule has 2 amide bonds. The van der Waals surface area contributed by atoms with Crippen LogP contribution in [0.2, 0.25) is 0 Å². The molecule has 0 radical (unpaired) electrons. The molecule has 1 fully saturated rings. The number of rotatable bonds is 6. The molecule has 140 valence electrons. The SMILES string of the molecule is C[C@@H](C(=O)NCCc1cnc[nH]1)N1C(=O)/C(=C/c2ccccc2F)SC1=S. The summed E-state index contributed by atoms with van der Waals surface area (Å²) in [5.41, 5.74) is 1.20. The number of halogens is 1. The third kappa shape index (κ3) is 4.42. The summed E-state index contributed by atoms with van der Waals surface area (Å²) >= 11 is 6.32. The van der Waals surface area contributed by atoms with E-state index in [2.05, 4.69) is 15.3 Å². The Morgan fingerprint density at radius 3 is 2.96 bits per heavy atom. The molecule has 2 aromatic rings. The zero-order chi connectivity index (χ0) is 19.4. The van der Waals surface area contributed by atoms with E-state index in [-0.39, 0.29) is 10.2 Å². The number of thioether (sulfide) groups is 1. The number of H-pyrrole nitrogens is 1. The minimum atomic E-state index is -0.759. The first-order chi connectivity index (χ1) is 13.0. The second kappa shape index (κ2) is 8.45. The number of hydrogen-bond donors (Lipinski definition) is 2. The number of aromatic amines is 1. The summed E-state index contributed by atoms with van der Waals surface area (Å²) < 4.78 is 14.1. The molecule has 0 unspecified atom stereocenters. The van der Waals surface area contributed by atoms with Crippen molar-refractivity contribution < 1.29 is 14.0 Å². The summed E-state index contributed by atoms with van der Waals surface area (Å²) in [6.45, 7) is 2.02. The van der Waals surface area contributed by atoms with Crippen LogP contribution in [0.4, 0.5) is 4.39 Å². The van der Waals surface area contributed by atoms with Gasteiger partial charge in [-0.2, -0.15) is 0 Å². The number of nitrogens with zero attached hydrogens (tertiary/aromatic N) is 2. The van der Waals surface area contributed by atoms with Crippen molar-refractivity contribution in [3.8, 4) is 0 Å². The van der Waals surface area contributed by atoms with E-state index in [4.69, 9.17) is 12.2 Å². The molecule has 9 heteroatoms. The smallest absolute Gasteiger partial charge is 0.266 e. The predicted molar refractivity (Wildman–Crippen MR) is 106 cm³/mol. The Hall–Kier alpha value is -2.52. The number of nitrogens with one attached hydrogen (secondary N) is 2. The molecule has 6 nitrogen and oxygen atoms in total. The highest BCUT2D eigenvalue weighted by molar-refractivity contribution is 8.26. The van der Waals surface area contributed by atoms with Gasteiger partial charge in [0.1, 0.15) is 16.2 Å². The van der Waals surface area contributed by atoms with E-state index >= 15 is 0 Å². The Bertz CT molecular complexity index is 899. The summed E-state index contributed by atoms with van der Waals surface area (Å²) in [6, 6.07) is 5.40. The highest BCUT2D eigenvalue weighted by Gasteiger charge is 2.38. The highest BCUT2D eigenvalue weighted by Crippen LogP contribution is 2.34. The van der Waals surface area contributed by atoms with E-state index in [1.807, 2.05) is 0 Å². The molecule has 1 saturated heterocycles. The van der Waals surface area contributed by atoms with Gasteiger partial charge in [-0.15, -0.1) is 0 Å². The third-order valence-electron chi connectivity index (χ3n) is 4.03. The zero-order valence-corrected chi connectivity index (χ0v) is 16.1. The number of aromatic nitrogens is 2. The van der Waals surface area contributed by atoms with Gasteiger partial charge in [0.15, 0.2) is 0 Å². The maximum atomic E-state index is 13.8. The van der Waals surface area contributed by atoms with Crippen molar-refractivity contribution in [1.82, 2.24) is 20.2 Å². The van der Waals surface area contributed by atoms with Crippen molar-refractivity contribution >= 4 is 46.2 Å². The topological polar surface area (TPSA) is 78.1 Å². The van der Waals surface area contributed by atoms with E-state index in [1.165, 1.54) is 17.0 Å². The van der Waals surface area contributed by atoms with Crippen LogP contribution in [0.15, 0.2) is 41.7 Å². The van der Waals surface area contributed by atoms with E-state index in [0.717, 1.165) is 17.5 Å². The van der Waals surface area contributed by atoms with Crippen molar-refractivity contribution in [2.45, 2.75) is 19.4 Å². The average molecular weight is 404 g/mol. The Balaban J connectivity index is 1.65. The third-order valence-corrected chi connectivity index (χ3v) is 5.36. The van der Waals surface area contributed by atoms with Crippen LogP contribution in [0.25, 0.3) is 6.08 Å². The van der Waals surface area contributed by atoms with Gasteiger partial charge in [0.2, 0.25) is 5.91 Å². The first-order valence-corrected chi connectivity index (χ1v) is 9.46. The summed E-state index contributed by atoms with van der Waals surface area (Å²) in [5, 5.41) is 2.78. The standard InChI is InChI=1S/C18H17FN4O2S2/c1-11(16(24)21-7-6-13-9-20-10-22-13)23-17(25)15(27-18(23)26)8-12-4-2-3-5-14(12)19/h2-5,8-11H,6-7H2,1H3,(H,20,22)(H,21,24)/b15-8-/t11-/m0/s1. The monoisotopic (exact) mass is 404 g/mol. The van der Waals surface area contributed by atoms with Crippen molar-refractivity contribution in [2.24, 2.45) is 0 Å². The Morgan fingerprint density at radius 2 is 2.26 bits per heavy atom. The molecule has 2 N–H and O–H groups in total. The quantitative estimate of drug-likeness (QED) is 0.571. The molecule has 1 aliphatic rings. The van der Waals surface area contributed by atoms with Crippen LogP contribution < -0.4 is 5.32 Å². The van der Waals surface area contributed by atoms with Crippen LogP contribution in [-0.2, 0) is 16.0 Å². The summed E-state index contributed by atoms with van der Waals surface area (Å²) in [7, 11) is 0. The number of amides is 2. The molecular weight excluding hydrogens is 387 g/mol. The molecule has 0 spiro atoms. The maximum absolute atomic E-state index is 13.8. The van der Waals surface area contributed by atoms with Crippen LogP contribution in [0, 0.1) is 5.82 Å². The fourth-order valence-electron chi connectivity index (χ4n) is 2.55. The molecule has 1 aliphatic heterocycles. The van der Waals surface area contributed by atoms with Gasteiger partial charge in [0, 0.05) is 30.4 Å². The van der Waals surface area contributed by atoms with E-state index in [1.54, 1.807) is 37.6 Å². The molecule has 1 aromatic carbocycles. The zero-order valence-electron chi connectivity index (χ0n) is 14.4. The van der Waals surface area contributed by atoms with Crippen molar-refractivity contribution in [1.29, 1.82) is 0 Å². The minimum Gasteiger partial charge on any atom is -0.354 e. The fourth-order valence-corrected chi connectivity index (χ4v) is 3.96. The lowest BCUT2D eigenvalue weighted by atomic mass is 10.2. The molecule has 3 rings (SSSR count). The lowest BCUT2D eigenvalue weighted by Gasteiger charge is -2.22. The highest BCUT2D eigenvalue weighted by atomic mass is 32.2. The Labute approximate surface area is 165 Å². The fraction of sp³-hybridized carbons (Fsp3) is 0.222. The van der Waals surface area contributed by atoms with Crippen LogP contribution in [0.1, 0.15) is 18.2 Å². The first kappa shape index (κ1) is 19.2. The van der Waals surface area contributed by atoms with Gasteiger partial charge in [0.25, 0.3) is 5.91 Å². The number of imidazole rings is 1. The lowest BCUT2D eigenvalue weighted by Crippen LogP contribution is -2.47. The van der Waals surface area contributed by atoms with Gasteiger partial charge in [-0.05, 0) is 19.1 Å². The second-order valence-corrected chi connectivity index (χ2v) is 7.54.